The third-order valence-corrected chi connectivity index (χ3v) is 3.27. The van der Waals surface area contributed by atoms with E-state index in [1.807, 2.05) is 30.6 Å². The van der Waals surface area contributed by atoms with Gasteiger partial charge in [0.15, 0.2) is 0 Å². The Balaban J connectivity index is 2.29. The Morgan fingerprint density at radius 1 is 1.44 bits per heavy atom. The molecule has 18 heavy (non-hydrogen) atoms. The average Bonchev–Trinajstić information content (AvgIpc) is 2.37. The number of hydrogen-bond acceptors (Lipinski definition) is 3. The Bertz CT molecular complexity index is 554. The standard InChI is InChI=1S/C14H16BrN3/c1-3-4-5-8-18(2)13-6-7-16-12-9-11(15)10-17-14(12)13/h3,6-7,9-10H,1,4-5,8H2,2H3. The number of nitrogens with zero attached hydrogens (tertiary/aromatic N) is 3. The van der Waals surface area contributed by atoms with Crippen LogP contribution in [-0.2, 0) is 0 Å². The largest absolute Gasteiger partial charge is 0.373 e. The molecule has 4 heteroatoms. The lowest BCUT2D eigenvalue weighted by Gasteiger charge is -2.19. The first kappa shape index (κ1) is 13.0. The third kappa shape index (κ3) is 2.88. The molecule has 2 aromatic heterocycles. The van der Waals surface area contributed by atoms with Crippen LogP contribution in [0.5, 0.6) is 0 Å². The summed E-state index contributed by atoms with van der Waals surface area (Å²) in [4.78, 5) is 11.0. The SMILES string of the molecule is C=CCCCN(C)c1ccnc2cc(Br)cnc12. The molecule has 0 fully saturated rings. The van der Waals surface area contributed by atoms with Gasteiger partial charge in [0.2, 0.25) is 0 Å². The molecule has 3 nitrogen and oxygen atoms in total. The van der Waals surface area contributed by atoms with Gasteiger partial charge in [0.1, 0.15) is 5.52 Å². The fraction of sp³-hybridized carbons (Fsp3) is 0.286. The third-order valence-electron chi connectivity index (χ3n) is 2.84. The average molecular weight is 306 g/mol. The molecular formula is C14H16BrN3. The molecule has 0 bridgehead atoms. The van der Waals surface area contributed by atoms with E-state index in [1.54, 1.807) is 0 Å². The van der Waals surface area contributed by atoms with E-state index < -0.39 is 0 Å². The lowest BCUT2D eigenvalue weighted by Crippen LogP contribution is -2.18. The number of rotatable bonds is 5. The van der Waals surface area contributed by atoms with Crippen LogP contribution in [0.25, 0.3) is 11.0 Å². The second-order valence-electron chi connectivity index (χ2n) is 4.20. The normalized spacial score (nSPS) is 10.6. The summed E-state index contributed by atoms with van der Waals surface area (Å²) in [5.74, 6) is 0. The maximum Gasteiger partial charge on any atom is 0.112 e. The molecule has 0 unspecified atom stereocenters. The first-order valence-corrected chi connectivity index (χ1v) is 6.74. The van der Waals surface area contributed by atoms with Gasteiger partial charge in [0.25, 0.3) is 0 Å². The zero-order valence-corrected chi connectivity index (χ0v) is 12.0. The summed E-state index contributed by atoms with van der Waals surface area (Å²) < 4.78 is 0.953. The molecule has 2 aromatic rings. The van der Waals surface area contributed by atoms with Gasteiger partial charge in [-0.2, -0.15) is 0 Å². The molecular weight excluding hydrogens is 290 g/mol. The molecule has 0 amide bonds. The molecule has 0 aliphatic heterocycles. The van der Waals surface area contributed by atoms with E-state index in [9.17, 15) is 0 Å². The van der Waals surface area contributed by atoms with Crippen molar-refractivity contribution < 1.29 is 0 Å². The monoisotopic (exact) mass is 305 g/mol. The fourth-order valence-electron chi connectivity index (χ4n) is 1.89. The molecule has 94 valence electrons. The predicted octanol–water partition coefficient (Wildman–Crippen LogP) is 3.79. The van der Waals surface area contributed by atoms with Crippen molar-refractivity contribution >= 4 is 32.7 Å². The molecule has 0 aliphatic carbocycles. The lowest BCUT2D eigenvalue weighted by atomic mass is 10.2. The summed E-state index contributed by atoms with van der Waals surface area (Å²) >= 11 is 3.42. The Hall–Kier alpha value is -1.42. The lowest BCUT2D eigenvalue weighted by molar-refractivity contribution is 0.803. The Kier molecular flexibility index (Phi) is 4.31. The van der Waals surface area contributed by atoms with Crippen LogP contribution in [0.2, 0.25) is 0 Å². The Morgan fingerprint density at radius 3 is 3.06 bits per heavy atom. The summed E-state index contributed by atoms with van der Waals surface area (Å²) in [6.45, 7) is 4.73. The molecule has 0 saturated carbocycles. The van der Waals surface area contributed by atoms with E-state index >= 15 is 0 Å². The molecule has 2 heterocycles. The number of aromatic nitrogens is 2. The predicted molar refractivity (Wildman–Crippen MR) is 79.9 cm³/mol. The van der Waals surface area contributed by atoms with Crippen molar-refractivity contribution in [2.24, 2.45) is 0 Å². The molecule has 0 spiro atoms. The topological polar surface area (TPSA) is 29.0 Å². The molecule has 0 aromatic carbocycles. The number of halogens is 1. The van der Waals surface area contributed by atoms with Crippen LogP contribution in [0.4, 0.5) is 5.69 Å². The minimum atomic E-state index is 0.914. The van der Waals surface area contributed by atoms with Gasteiger partial charge in [0, 0.05) is 30.5 Å². The van der Waals surface area contributed by atoms with Crippen molar-refractivity contribution in [2.45, 2.75) is 12.8 Å². The van der Waals surface area contributed by atoms with E-state index in [1.165, 1.54) is 0 Å². The second kappa shape index (κ2) is 5.96. The molecule has 0 radical (unpaired) electrons. The highest BCUT2D eigenvalue weighted by molar-refractivity contribution is 9.10. The summed E-state index contributed by atoms with van der Waals surface area (Å²) in [6.07, 6.45) is 7.72. The quantitative estimate of drug-likeness (QED) is 0.621. The second-order valence-corrected chi connectivity index (χ2v) is 5.12. The molecule has 0 saturated heterocycles. The van der Waals surface area contributed by atoms with Crippen molar-refractivity contribution in [1.82, 2.24) is 9.97 Å². The van der Waals surface area contributed by atoms with E-state index in [0.717, 1.165) is 40.6 Å². The molecule has 0 atom stereocenters. The van der Waals surface area contributed by atoms with Gasteiger partial charge in [0.05, 0.1) is 11.2 Å². The van der Waals surface area contributed by atoms with Gasteiger partial charge in [-0.1, -0.05) is 6.08 Å². The summed E-state index contributed by atoms with van der Waals surface area (Å²) in [5, 5.41) is 0. The van der Waals surface area contributed by atoms with Gasteiger partial charge in [-0.15, -0.1) is 6.58 Å². The minimum absolute atomic E-state index is 0.914. The smallest absolute Gasteiger partial charge is 0.112 e. The van der Waals surface area contributed by atoms with E-state index in [-0.39, 0.29) is 0 Å². The number of anilines is 1. The number of pyridine rings is 2. The molecule has 0 N–H and O–H groups in total. The highest BCUT2D eigenvalue weighted by atomic mass is 79.9. The van der Waals surface area contributed by atoms with Crippen molar-refractivity contribution in [1.29, 1.82) is 0 Å². The maximum atomic E-state index is 4.46. The van der Waals surface area contributed by atoms with Gasteiger partial charge in [-0.25, -0.2) is 0 Å². The van der Waals surface area contributed by atoms with Crippen molar-refractivity contribution in [3.63, 3.8) is 0 Å². The zero-order chi connectivity index (χ0) is 13.0. The first-order valence-electron chi connectivity index (χ1n) is 5.94. The van der Waals surface area contributed by atoms with Crippen LogP contribution in [0.15, 0.2) is 41.7 Å². The summed E-state index contributed by atoms with van der Waals surface area (Å²) in [6, 6.07) is 4.00. The summed E-state index contributed by atoms with van der Waals surface area (Å²) in [7, 11) is 2.08. The first-order chi connectivity index (χ1) is 8.72. The van der Waals surface area contributed by atoms with Crippen molar-refractivity contribution in [2.75, 3.05) is 18.5 Å². The highest BCUT2D eigenvalue weighted by Gasteiger charge is 2.07. The number of unbranched alkanes of at least 4 members (excludes halogenated alkanes) is 1. The van der Waals surface area contributed by atoms with Crippen LogP contribution < -0.4 is 4.90 Å². The van der Waals surface area contributed by atoms with E-state index in [2.05, 4.69) is 44.4 Å². The van der Waals surface area contributed by atoms with Crippen LogP contribution in [-0.4, -0.2) is 23.6 Å². The minimum Gasteiger partial charge on any atom is -0.373 e. The molecule has 0 aliphatic rings. The summed E-state index contributed by atoms with van der Waals surface area (Å²) in [5.41, 5.74) is 2.98. The van der Waals surface area contributed by atoms with Crippen LogP contribution >= 0.6 is 15.9 Å². The zero-order valence-electron chi connectivity index (χ0n) is 10.4. The van der Waals surface area contributed by atoms with Gasteiger partial charge >= 0.3 is 0 Å². The van der Waals surface area contributed by atoms with Gasteiger partial charge in [-0.05, 0) is 40.9 Å². The van der Waals surface area contributed by atoms with Crippen molar-refractivity contribution in [3.05, 3.63) is 41.7 Å². The highest BCUT2D eigenvalue weighted by Crippen LogP contribution is 2.24. The van der Waals surface area contributed by atoms with Gasteiger partial charge in [-0.3, -0.25) is 9.97 Å². The molecule has 2 rings (SSSR count). The van der Waals surface area contributed by atoms with E-state index in [4.69, 9.17) is 0 Å². The maximum absolute atomic E-state index is 4.46. The van der Waals surface area contributed by atoms with E-state index in [0.29, 0.717) is 0 Å². The number of fused-ring (bicyclic) bond motifs is 1. The van der Waals surface area contributed by atoms with Crippen molar-refractivity contribution in [3.8, 4) is 0 Å². The number of hydrogen-bond donors (Lipinski definition) is 0. The Morgan fingerprint density at radius 2 is 2.28 bits per heavy atom. The Labute approximate surface area is 116 Å². The van der Waals surface area contributed by atoms with Crippen LogP contribution in [0.3, 0.4) is 0 Å². The van der Waals surface area contributed by atoms with Crippen LogP contribution in [0.1, 0.15) is 12.8 Å². The van der Waals surface area contributed by atoms with Crippen LogP contribution in [0, 0.1) is 0 Å². The fourth-order valence-corrected chi connectivity index (χ4v) is 2.21. The van der Waals surface area contributed by atoms with Gasteiger partial charge < -0.3 is 4.90 Å². The number of allylic oxidation sites excluding steroid dienone is 1.